The second kappa shape index (κ2) is 6.83. The van der Waals surface area contributed by atoms with Gasteiger partial charge in [-0.2, -0.15) is 0 Å². The second-order valence-electron chi connectivity index (χ2n) is 6.42. The predicted molar refractivity (Wildman–Crippen MR) is 106 cm³/mol. The molecule has 0 amide bonds. The molecule has 22 heavy (non-hydrogen) atoms. The van der Waals surface area contributed by atoms with E-state index in [9.17, 15) is 0 Å². The quantitative estimate of drug-likeness (QED) is 0.759. The first kappa shape index (κ1) is 16.8. The molecule has 2 heterocycles. The minimum absolute atomic E-state index is 0.00630. The van der Waals surface area contributed by atoms with Gasteiger partial charge in [0.1, 0.15) is 0 Å². The minimum atomic E-state index is -0.375. The summed E-state index contributed by atoms with van der Waals surface area (Å²) in [6.07, 6.45) is 4.25. The summed E-state index contributed by atoms with van der Waals surface area (Å²) < 4.78 is 7.95. The Morgan fingerprint density at radius 3 is 2.41 bits per heavy atom. The molecule has 0 bridgehead atoms. The maximum absolute atomic E-state index is 2.47. The Bertz CT molecular complexity index is 645. The maximum Gasteiger partial charge on any atom is 0.0826 e. The third-order valence-electron chi connectivity index (χ3n) is 4.33. The molecule has 2 nitrogen and oxygen atoms in total. The zero-order valence-electron chi connectivity index (χ0n) is 14.2. The van der Waals surface area contributed by atoms with Crippen LogP contribution in [0.4, 0.5) is 0 Å². The van der Waals surface area contributed by atoms with Crippen molar-refractivity contribution >= 4 is 47.5 Å². The van der Waals surface area contributed by atoms with Crippen molar-refractivity contribution in [1.82, 2.24) is 9.34 Å². The van der Waals surface area contributed by atoms with Gasteiger partial charge in [-0.1, -0.05) is 33.0 Å². The fourth-order valence-corrected chi connectivity index (χ4v) is 11.7. The summed E-state index contributed by atoms with van der Waals surface area (Å²) in [6.45, 7) is 2.47. The normalized spacial score (nSPS) is 22.5. The highest BCUT2D eigenvalue weighted by atomic mass is 32.1. The molecule has 1 aromatic carbocycles. The Morgan fingerprint density at radius 2 is 1.82 bits per heavy atom. The molecule has 1 aliphatic heterocycles. The summed E-state index contributed by atoms with van der Waals surface area (Å²) in [5, 5.41) is 3.27. The van der Waals surface area contributed by atoms with Crippen LogP contribution in [0.15, 0.2) is 24.3 Å². The number of nitrogens with zero attached hydrogens (tertiary/aromatic N) is 2. The Balaban J connectivity index is 2.20. The van der Waals surface area contributed by atoms with E-state index in [1.165, 1.54) is 23.7 Å². The van der Waals surface area contributed by atoms with E-state index in [2.05, 4.69) is 68.7 Å². The number of fused-ring (bicyclic) bond motifs is 1. The highest BCUT2D eigenvalue weighted by Gasteiger charge is 2.33. The summed E-state index contributed by atoms with van der Waals surface area (Å²) in [5.41, 5.74) is 0.882. The highest BCUT2D eigenvalue weighted by molar-refractivity contribution is 7.75. The van der Waals surface area contributed by atoms with Crippen LogP contribution >= 0.6 is 27.5 Å². The van der Waals surface area contributed by atoms with Gasteiger partial charge in [-0.05, 0) is 58.9 Å². The van der Waals surface area contributed by atoms with Crippen LogP contribution in [0.1, 0.15) is 19.8 Å². The van der Waals surface area contributed by atoms with E-state index in [4.69, 9.17) is 0 Å². The Morgan fingerprint density at radius 1 is 1.14 bits per heavy atom. The summed E-state index contributed by atoms with van der Waals surface area (Å²) in [5.74, 6) is 0. The molecule has 120 valence electrons. The van der Waals surface area contributed by atoms with Gasteiger partial charge in [0, 0.05) is 15.4 Å². The maximum atomic E-state index is 2.47. The van der Waals surface area contributed by atoms with Gasteiger partial charge in [0.15, 0.2) is 0 Å². The average molecular weight is 352 g/mol. The van der Waals surface area contributed by atoms with E-state index in [1.807, 2.05) is 11.3 Å². The van der Waals surface area contributed by atoms with Crippen molar-refractivity contribution in [3.8, 4) is 0 Å². The van der Waals surface area contributed by atoms with Crippen LogP contribution in [0.25, 0.3) is 10.1 Å². The number of benzene rings is 1. The van der Waals surface area contributed by atoms with Crippen LogP contribution in [-0.2, 0) is 0 Å². The summed E-state index contributed by atoms with van der Waals surface area (Å²) >= 11 is 2.04. The predicted octanol–water partition coefficient (Wildman–Crippen LogP) is 4.25. The van der Waals surface area contributed by atoms with E-state index in [-0.39, 0.29) is 16.1 Å². The summed E-state index contributed by atoms with van der Waals surface area (Å²) in [6, 6.07) is 9.07. The molecule has 0 N–H and O–H groups in total. The standard InChI is InChI=1S/C17H26N2P2S/c1-13-9-8-12-20(13)16-14-10-6-7-11-15(14)22-17(16)21(18(2)3)19(4)5/h6-7,10-11,13H,8-9,12H2,1-5H3. The number of hydrogen-bond acceptors (Lipinski definition) is 3. The lowest BCUT2D eigenvalue weighted by atomic mass is 10.3. The van der Waals surface area contributed by atoms with Gasteiger partial charge in [-0.15, -0.1) is 11.3 Å². The van der Waals surface area contributed by atoms with Crippen molar-refractivity contribution in [2.45, 2.75) is 25.4 Å². The summed E-state index contributed by atoms with van der Waals surface area (Å²) in [4.78, 5) is 0. The smallest absolute Gasteiger partial charge is 0.0826 e. The molecule has 1 aromatic heterocycles. The molecule has 0 aliphatic carbocycles. The van der Waals surface area contributed by atoms with Gasteiger partial charge in [0.05, 0.1) is 12.8 Å². The Labute approximate surface area is 141 Å². The molecular weight excluding hydrogens is 326 g/mol. The molecule has 3 rings (SSSR count). The number of hydrogen-bond donors (Lipinski definition) is 0. The van der Waals surface area contributed by atoms with Crippen LogP contribution in [-0.4, -0.2) is 49.4 Å². The topological polar surface area (TPSA) is 6.48 Å². The van der Waals surface area contributed by atoms with Crippen LogP contribution in [0, 0.1) is 0 Å². The first-order valence-corrected chi connectivity index (χ1v) is 11.6. The molecule has 0 saturated carbocycles. The van der Waals surface area contributed by atoms with Crippen LogP contribution in [0.3, 0.4) is 0 Å². The van der Waals surface area contributed by atoms with Crippen molar-refractivity contribution in [2.24, 2.45) is 0 Å². The zero-order valence-corrected chi connectivity index (χ0v) is 16.8. The number of rotatable bonds is 4. The van der Waals surface area contributed by atoms with Crippen molar-refractivity contribution < 1.29 is 0 Å². The third-order valence-corrected chi connectivity index (χ3v) is 11.7. The van der Waals surface area contributed by atoms with E-state index in [0.717, 1.165) is 5.66 Å². The largest absolute Gasteiger partial charge is 0.272 e. The van der Waals surface area contributed by atoms with Crippen molar-refractivity contribution in [2.75, 3.05) is 34.4 Å². The molecule has 1 aliphatic rings. The zero-order chi connectivity index (χ0) is 15.9. The third kappa shape index (κ3) is 2.99. The Hall–Kier alpha value is -0.0400. The lowest BCUT2D eigenvalue weighted by Crippen LogP contribution is -2.30. The molecule has 2 unspecified atom stereocenters. The van der Waals surface area contributed by atoms with Crippen molar-refractivity contribution in [1.29, 1.82) is 0 Å². The molecule has 1 saturated heterocycles. The van der Waals surface area contributed by atoms with Crippen LogP contribution in [0.5, 0.6) is 0 Å². The molecule has 2 atom stereocenters. The molecule has 2 aromatic rings. The van der Waals surface area contributed by atoms with E-state index in [1.54, 1.807) is 15.3 Å². The van der Waals surface area contributed by atoms with Gasteiger partial charge < -0.3 is 0 Å². The lowest BCUT2D eigenvalue weighted by Gasteiger charge is -2.31. The molecule has 0 radical (unpaired) electrons. The highest BCUT2D eigenvalue weighted by Crippen LogP contribution is 2.53. The van der Waals surface area contributed by atoms with Crippen molar-refractivity contribution in [3.63, 3.8) is 0 Å². The van der Waals surface area contributed by atoms with E-state index in [0.29, 0.717) is 0 Å². The molecule has 0 spiro atoms. The van der Waals surface area contributed by atoms with Crippen LogP contribution in [0.2, 0.25) is 0 Å². The first-order chi connectivity index (χ1) is 10.5. The van der Waals surface area contributed by atoms with Gasteiger partial charge in [0.2, 0.25) is 0 Å². The van der Waals surface area contributed by atoms with Gasteiger partial charge in [-0.3, -0.25) is 9.34 Å². The van der Waals surface area contributed by atoms with Gasteiger partial charge >= 0.3 is 0 Å². The Kier molecular flexibility index (Phi) is 5.22. The molecule has 1 fully saturated rings. The lowest BCUT2D eigenvalue weighted by molar-refractivity contribution is 0.585. The fraction of sp³-hybridized carbons (Fsp3) is 0.529. The van der Waals surface area contributed by atoms with Gasteiger partial charge in [0.25, 0.3) is 0 Å². The van der Waals surface area contributed by atoms with Crippen molar-refractivity contribution in [3.05, 3.63) is 24.3 Å². The first-order valence-electron chi connectivity index (χ1n) is 7.93. The van der Waals surface area contributed by atoms with Gasteiger partial charge in [-0.25, -0.2) is 0 Å². The van der Waals surface area contributed by atoms with E-state index >= 15 is 0 Å². The second-order valence-corrected chi connectivity index (χ2v) is 13.1. The summed E-state index contributed by atoms with van der Waals surface area (Å²) in [7, 11) is 8.54. The van der Waals surface area contributed by atoms with E-state index < -0.39 is 0 Å². The monoisotopic (exact) mass is 352 g/mol. The SMILES string of the molecule is CC1CCCP1c1c(P(N(C)C)N(C)C)sc2ccccc12. The fourth-order valence-electron chi connectivity index (χ4n) is 3.42. The average Bonchev–Trinajstić information content (AvgIpc) is 3.01. The van der Waals surface area contributed by atoms with Crippen LogP contribution < -0.4 is 9.92 Å². The number of thiophene rings is 1. The molecule has 5 heteroatoms. The minimum Gasteiger partial charge on any atom is -0.272 e. The molecular formula is C17H26N2P2S.